The van der Waals surface area contributed by atoms with Crippen molar-refractivity contribution in [3.05, 3.63) is 36.0 Å². The van der Waals surface area contributed by atoms with Gasteiger partial charge in [-0.15, -0.1) is 0 Å². The first-order chi connectivity index (χ1) is 11.2. The predicted molar refractivity (Wildman–Crippen MR) is 85.6 cm³/mol. The lowest BCUT2D eigenvalue weighted by molar-refractivity contribution is 0.0995. The van der Waals surface area contributed by atoms with Gasteiger partial charge in [-0.3, -0.25) is 4.79 Å². The molecular formula is C16H18N4O3. The Balaban J connectivity index is 2.08. The molecule has 0 radical (unpaired) electrons. The minimum atomic E-state index is -0.585. The molecule has 0 bridgehead atoms. The van der Waals surface area contributed by atoms with Crippen LogP contribution in [-0.4, -0.2) is 49.3 Å². The number of para-hydroxylation sites is 1. The highest BCUT2D eigenvalue weighted by Gasteiger charge is 2.19. The van der Waals surface area contributed by atoms with Gasteiger partial charge in [0.1, 0.15) is 11.4 Å². The van der Waals surface area contributed by atoms with Crippen molar-refractivity contribution >= 4 is 11.9 Å². The summed E-state index contributed by atoms with van der Waals surface area (Å²) in [5.41, 5.74) is 7.00. The number of primary amides is 1. The number of rotatable bonds is 4. The molecule has 3 rings (SSSR count). The third kappa shape index (κ3) is 3.24. The van der Waals surface area contributed by atoms with Gasteiger partial charge in [0.25, 0.3) is 5.91 Å². The number of benzene rings is 1. The highest BCUT2D eigenvalue weighted by atomic mass is 16.5. The van der Waals surface area contributed by atoms with Crippen molar-refractivity contribution in [2.75, 3.05) is 38.3 Å². The maximum absolute atomic E-state index is 11.6. The molecule has 1 aromatic heterocycles. The van der Waals surface area contributed by atoms with Crippen LogP contribution in [0.15, 0.2) is 30.3 Å². The van der Waals surface area contributed by atoms with E-state index in [2.05, 4.69) is 9.97 Å². The second-order valence-electron chi connectivity index (χ2n) is 5.10. The molecule has 1 amide bonds. The largest absolute Gasteiger partial charge is 0.496 e. The number of morpholine rings is 1. The molecule has 1 saturated heterocycles. The Labute approximate surface area is 134 Å². The summed E-state index contributed by atoms with van der Waals surface area (Å²) in [6, 6.07) is 9.08. The highest BCUT2D eigenvalue weighted by molar-refractivity contribution is 5.92. The van der Waals surface area contributed by atoms with Crippen molar-refractivity contribution in [1.29, 1.82) is 0 Å². The van der Waals surface area contributed by atoms with Crippen LogP contribution in [0.1, 0.15) is 10.5 Å². The van der Waals surface area contributed by atoms with Gasteiger partial charge in [-0.05, 0) is 18.2 Å². The Morgan fingerprint density at radius 1 is 1.26 bits per heavy atom. The van der Waals surface area contributed by atoms with E-state index in [9.17, 15) is 4.79 Å². The molecule has 0 saturated carbocycles. The van der Waals surface area contributed by atoms with E-state index < -0.39 is 5.91 Å². The van der Waals surface area contributed by atoms with Crippen LogP contribution in [0.3, 0.4) is 0 Å². The van der Waals surface area contributed by atoms with E-state index in [-0.39, 0.29) is 5.69 Å². The maximum atomic E-state index is 11.6. The van der Waals surface area contributed by atoms with Gasteiger partial charge in [-0.2, -0.15) is 0 Å². The number of methoxy groups -OCH3 is 1. The fourth-order valence-corrected chi connectivity index (χ4v) is 2.46. The van der Waals surface area contributed by atoms with Crippen LogP contribution >= 0.6 is 0 Å². The molecule has 0 atom stereocenters. The van der Waals surface area contributed by atoms with Crippen molar-refractivity contribution < 1.29 is 14.3 Å². The molecule has 1 aliphatic heterocycles. The van der Waals surface area contributed by atoms with Gasteiger partial charge in [0, 0.05) is 18.7 Å². The first-order valence-corrected chi connectivity index (χ1v) is 7.34. The maximum Gasteiger partial charge on any atom is 0.267 e. The standard InChI is InChI=1S/C16H18N4O3/c1-22-14-5-3-2-4-11(14)12-10-13(15(17)21)19-16(18-12)20-6-8-23-9-7-20/h2-5,10H,6-9H2,1H3,(H2,17,21). The lowest BCUT2D eigenvalue weighted by atomic mass is 10.1. The molecule has 2 heterocycles. The molecule has 1 aromatic carbocycles. The molecule has 7 heteroatoms. The zero-order chi connectivity index (χ0) is 16.2. The summed E-state index contributed by atoms with van der Waals surface area (Å²) in [5, 5.41) is 0. The van der Waals surface area contributed by atoms with E-state index in [1.54, 1.807) is 13.2 Å². The Bertz CT molecular complexity index is 714. The number of carbonyl (C=O) groups is 1. The van der Waals surface area contributed by atoms with E-state index in [1.165, 1.54) is 0 Å². The van der Waals surface area contributed by atoms with E-state index in [4.69, 9.17) is 15.2 Å². The lowest BCUT2D eigenvalue weighted by Crippen LogP contribution is -2.37. The van der Waals surface area contributed by atoms with Crippen molar-refractivity contribution in [3.63, 3.8) is 0 Å². The minimum Gasteiger partial charge on any atom is -0.496 e. The summed E-state index contributed by atoms with van der Waals surface area (Å²) in [6.45, 7) is 2.56. The van der Waals surface area contributed by atoms with Crippen LogP contribution in [-0.2, 0) is 4.74 Å². The van der Waals surface area contributed by atoms with Crippen LogP contribution < -0.4 is 15.4 Å². The van der Waals surface area contributed by atoms with Crippen LogP contribution in [0.2, 0.25) is 0 Å². The highest BCUT2D eigenvalue weighted by Crippen LogP contribution is 2.29. The predicted octanol–water partition coefficient (Wildman–Crippen LogP) is 1.09. The summed E-state index contributed by atoms with van der Waals surface area (Å²) in [4.78, 5) is 22.5. The molecule has 23 heavy (non-hydrogen) atoms. The molecule has 0 unspecified atom stereocenters. The number of nitrogens with two attached hydrogens (primary N) is 1. The number of hydrogen-bond acceptors (Lipinski definition) is 6. The molecular weight excluding hydrogens is 296 g/mol. The molecule has 1 aliphatic rings. The van der Waals surface area contributed by atoms with Crippen molar-refractivity contribution in [3.8, 4) is 17.0 Å². The third-order valence-electron chi connectivity index (χ3n) is 3.64. The van der Waals surface area contributed by atoms with E-state index >= 15 is 0 Å². The van der Waals surface area contributed by atoms with E-state index in [1.807, 2.05) is 29.2 Å². The van der Waals surface area contributed by atoms with Gasteiger partial charge < -0.3 is 20.1 Å². The zero-order valence-corrected chi connectivity index (χ0v) is 12.9. The van der Waals surface area contributed by atoms with Crippen molar-refractivity contribution in [1.82, 2.24) is 9.97 Å². The SMILES string of the molecule is COc1ccccc1-c1cc(C(N)=O)nc(N2CCOCC2)n1. The van der Waals surface area contributed by atoms with Crippen LogP contribution in [0, 0.1) is 0 Å². The summed E-state index contributed by atoms with van der Waals surface area (Å²) in [6.07, 6.45) is 0. The quantitative estimate of drug-likeness (QED) is 0.908. The van der Waals surface area contributed by atoms with Crippen LogP contribution in [0.4, 0.5) is 5.95 Å². The Hall–Kier alpha value is -2.67. The van der Waals surface area contributed by atoms with Gasteiger partial charge >= 0.3 is 0 Å². The van der Waals surface area contributed by atoms with Crippen LogP contribution in [0.25, 0.3) is 11.3 Å². The normalized spacial score (nSPS) is 14.6. The molecule has 2 N–H and O–H groups in total. The number of carbonyl (C=O) groups excluding carboxylic acids is 1. The number of anilines is 1. The zero-order valence-electron chi connectivity index (χ0n) is 12.9. The van der Waals surface area contributed by atoms with E-state index in [0.29, 0.717) is 43.7 Å². The van der Waals surface area contributed by atoms with Crippen LogP contribution in [0.5, 0.6) is 5.75 Å². The number of aromatic nitrogens is 2. The molecule has 7 nitrogen and oxygen atoms in total. The lowest BCUT2D eigenvalue weighted by Gasteiger charge is -2.27. The second-order valence-corrected chi connectivity index (χ2v) is 5.10. The summed E-state index contributed by atoms with van der Waals surface area (Å²) in [5.74, 6) is 0.568. The van der Waals surface area contributed by atoms with Gasteiger partial charge in [0.05, 0.1) is 26.0 Å². The molecule has 120 valence electrons. The van der Waals surface area contributed by atoms with Crippen molar-refractivity contribution in [2.24, 2.45) is 5.73 Å². The Kier molecular flexibility index (Phi) is 4.38. The van der Waals surface area contributed by atoms with Gasteiger partial charge in [0.15, 0.2) is 0 Å². The smallest absolute Gasteiger partial charge is 0.267 e. The van der Waals surface area contributed by atoms with Gasteiger partial charge in [-0.25, -0.2) is 9.97 Å². The number of nitrogens with zero attached hydrogens (tertiary/aromatic N) is 3. The van der Waals surface area contributed by atoms with E-state index in [0.717, 1.165) is 5.56 Å². The summed E-state index contributed by atoms with van der Waals surface area (Å²) >= 11 is 0. The number of hydrogen-bond donors (Lipinski definition) is 1. The Morgan fingerprint density at radius 2 is 2.00 bits per heavy atom. The minimum absolute atomic E-state index is 0.183. The second kappa shape index (κ2) is 6.62. The average molecular weight is 314 g/mol. The number of ether oxygens (including phenoxy) is 2. The number of amides is 1. The Morgan fingerprint density at radius 3 is 2.70 bits per heavy atom. The fourth-order valence-electron chi connectivity index (χ4n) is 2.46. The summed E-state index contributed by atoms with van der Waals surface area (Å²) in [7, 11) is 1.60. The molecule has 0 spiro atoms. The average Bonchev–Trinajstić information content (AvgIpc) is 2.62. The monoisotopic (exact) mass is 314 g/mol. The molecule has 2 aromatic rings. The topological polar surface area (TPSA) is 90.6 Å². The first kappa shape index (κ1) is 15.2. The van der Waals surface area contributed by atoms with Gasteiger partial charge in [0.2, 0.25) is 5.95 Å². The van der Waals surface area contributed by atoms with Crippen molar-refractivity contribution in [2.45, 2.75) is 0 Å². The fraction of sp³-hybridized carbons (Fsp3) is 0.312. The molecule has 1 fully saturated rings. The third-order valence-corrected chi connectivity index (χ3v) is 3.64. The molecule has 0 aliphatic carbocycles. The van der Waals surface area contributed by atoms with Gasteiger partial charge in [-0.1, -0.05) is 12.1 Å². The summed E-state index contributed by atoms with van der Waals surface area (Å²) < 4.78 is 10.7. The first-order valence-electron chi connectivity index (χ1n) is 7.34.